The number of aliphatic hydroxyl groups is 1. The second kappa shape index (κ2) is 11.5. The standard InChI is InChI=1S/C34H36N2O5/c1-3-22(18-26-14-15-27(19-37)41-26)9-16-30-31-21(2)17-28-32(29(31)20-40-30)34(39)36(33(28)38)25-12-10-24(11-13-25)35-23-7-5-4-6-8-23/h4-8,10-15,18,28-30,32,35,37H,3,9,16-17,19-20H2,1-2H3/b22-18+/t28-,29+,30-,32-/m1/s1. The highest BCUT2D eigenvalue weighted by atomic mass is 16.5. The average Bonchev–Trinajstić information content (AvgIpc) is 3.69. The summed E-state index contributed by atoms with van der Waals surface area (Å²) in [6, 6.07) is 21.0. The highest BCUT2D eigenvalue weighted by molar-refractivity contribution is 6.22. The maximum Gasteiger partial charge on any atom is 0.238 e. The van der Waals surface area contributed by atoms with Crippen molar-refractivity contribution in [1.82, 2.24) is 0 Å². The number of para-hydroxylation sites is 1. The number of rotatable bonds is 9. The van der Waals surface area contributed by atoms with Gasteiger partial charge in [-0.15, -0.1) is 0 Å². The quantitative estimate of drug-likeness (QED) is 0.229. The Kier molecular flexibility index (Phi) is 7.65. The van der Waals surface area contributed by atoms with Crippen LogP contribution >= 0.6 is 0 Å². The Balaban J connectivity index is 1.15. The fraction of sp³-hybridized carbons (Fsp3) is 0.353. The molecule has 3 aromatic rings. The van der Waals surface area contributed by atoms with E-state index in [9.17, 15) is 14.7 Å². The van der Waals surface area contributed by atoms with E-state index in [2.05, 4.69) is 19.2 Å². The molecule has 3 aliphatic rings. The summed E-state index contributed by atoms with van der Waals surface area (Å²) in [6.45, 7) is 4.57. The highest BCUT2D eigenvalue weighted by Crippen LogP contribution is 2.50. The number of aliphatic hydroxyl groups excluding tert-OH is 1. The van der Waals surface area contributed by atoms with Crippen molar-refractivity contribution in [2.75, 3.05) is 16.8 Å². The number of benzene rings is 2. The van der Waals surface area contributed by atoms with E-state index in [-0.39, 0.29) is 42.3 Å². The number of hydrogen-bond donors (Lipinski definition) is 2. The van der Waals surface area contributed by atoms with Gasteiger partial charge in [0.2, 0.25) is 11.8 Å². The third kappa shape index (κ3) is 5.27. The van der Waals surface area contributed by atoms with Gasteiger partial charge < -0.3 is 19.6 Å². The fourth-order valence-electron chi connectivity index (χ4n) is 6.69. The van der Waals surface area contributed by atoms with Gasteiger partial charge >= 0.3 is 0 Å². The van der Waals surface area contributed by atoms with Crippen molar-refractivity contribution >= 4 is 35.0 Å². The predicted molar refractivity (Wildman–Crippen MR) is 158 cm³/mol. The van der Waals surface area contributed by atoms with Gasteiger partial charge in [-0.2, -0.15) is 0 Å². The number of allylic oxidation sites excluding steroid dienone is 2. The minimum absolute atomic E-state index is 0.0548. The van der Waals surface area contributed by atoms with Gasteiger partial charge in [-0.05, 0) is 92.8 Å². The fourth-order valence-corrected chi connectivity index (χ4v) is 6.69. The second-order valence-electron chi connectivity index (χ2n) is 11.2. The van der Waals surface area contributed by atoms with Crippen molar-refractivity contribution in [2.45, 2.75) is 52.2 Å². The summed E-state index contributed by atoms with van der Waals surface area (Å²) >= 11 is 0. The first-order valence-corrected chi connectivity index (χ1v) is 14.5. The highest BCUT2D eigenvalue weighted by Gasteiger charge is 2.56. The molecule has 212 valence electrons. The van der Waals surface area contributed by atoms with Gasteiger partial charge in [-0.3, -0.25) is 14.5 Å². The Morgan fingerprint density at radius 1 is 1.00 bits per heavy atom. The van der Waals surface area contributed by atoms with Crippen LogP contribution < -0.4 is 10.2 Å². The number of nitrogens with zero attached hydrogens (tertiary/aromatic N) is 1. The molecule has 4 atom stereocenters. The van der Waals surface area contributed by atoms with Crippen molar-refractivity contribution in [3.63, 3.8) is 0 Å². The predicted octanol–water partition coefficient (Wildman–Crippen LogP) is 6.63. The number of imide groups is 1. The largest absolute Gasteiger partial charge is 0.459 e. The third-order valence-corrected chi connectivity index (χ3v) is 8.71. The molecule has 2 saturated heterocycles. The smallest absolute Gasteiger partial charge is 0.238 e. The Hall–Kier alpha value is -3.94. The van der Waals surface area contributed by atoms with Crippen molar-refractivity contribution < 1.29 is 23.8 Å². The zero-order chi connectivity index (χ0) is 28.5. The van der Waals surface area contributed by atoms with E-state index in [1.807, 2.05) is 66.7 Å². The molecule has 1 aliphatic carbocycles. The third-order valence-electron chi connectivity index (χ3n) is 8.71. The number of furan rings is 1. The molecule has 1 aromatic heterocycles. The molecule has 6 rings (SSSR count). The van der Waals surface area contributed by atoms with Crippen LogP contribution in [0.25, 0.3) is 6.08 Å². The first-order chi connectivity index (χ1) is 20.0. The van der Waals surface area contributed by atoms with E-state index in [1.54, 1.807) is 6.07 Å². The van der Waals surface area contributed by atoms with E-state index in [4.69, 9.17) is 9.15 Å². The van der Waals surface area contributed by atoms with Crippen molar-refractivity contribution in [2.24, 2.45) is 17.8 Å². The topological polar surface area (TPSA) is 92.0 Å². The van der Waals surface area contributed by atoms with Crippen LogP contribution in [-0.2, 0) is 20.9 Å². The Labute approximate surface area is 240 Å². The zero-order valence-corrected chi connectivity index (χ0v) is 23.5. The number of amides is 2. The summed E-state index contributed by atoms with van der Waals surface area (Å²) in [5, 5.41) is 12.6. The molecule has 41 heavy (non-hydrogen) atoms. The maximum atomic E-state index is 13.8. The average molecular weight is 553 g/mol. The van der Waals surface area contributed by atoms with Crippen LogP contribution in [0.3, 0.4) is 0 Å². The molecule has 2 aliphatic heterocycles. The molecule has 3 heterocycles. The zero-order valence-electron chi connectivity index (χ0n) is 23.5. The molecule has 0 unspecified atom stereocenters. The molecule has 0 radical (unpaired) electrons. The van der Waals surface area contributed by atoms with E-state index in [0.717, 1.165) is 36.4 Å². The number of carbonyl (C=O) groups is 2. The number of carbonyl (C=O) groups excluding carboxylic acids is 2. The van der Waals surface area contributed by atoms with Crippen LogP contribution in [0.1, 0.15) is 51.1 Å². The molecular weight excluding hydrogens is 516 g/mol. The van der Waals surface area contributed by atoms with Crippen molar-refractivity contribution in [3.05, 3.63) is 95.0 Å². The normalized spacial score (nSPS) is 24.2. The van der Waals surface area contributed by atoms with Gasteiger partial charge in [0.1, 0.15) is 18.1 Å². The lowest BCUT2D eigenvalue weighted by atomic mass is 9.70. The Bertz CT molecular complexity index is 1490. The first kappa shape index (κ1) is 27.2. The van der Waals surface area contributed by atoms with Crippen LogP contribution in [0.5, 0.6) is 0 Å². The van der Waals surface area contributed by atoms with Crippen LogP contribution in [0.4, 0.5) is 17.1 Å². The summed E-state index contributed by atoms with van der Waals surface area (Å²) in [4.78, 5) is 28.8. The molecule has 2 N–H and O–H groups in total. The van der Waals surface area contributed by atoms with Crippen LogP contribution in [-0.4, -0.2) is 29.6 Å². The lowest BCUT2D eigenvalue weighted by Crippen LogP contribution is -2.34. The molecule has 0 saturated carbocycles. The number of anilines is 3. The van der Waals surface area contributed by atoms with Gasteiger partial charge in [0.25, 0.3) is 0 Å². The Morgan fingerprint density at radius 3 is 2.46 bits per heavy atom. The molecule has 2 amide bonds. The minimum atomic E-state index is -0.380. The first-order valence-electron chi connectivity index (χ1n) is 14.5. The van der Waals surface area contributed by atoms with Crippen LogP contribution in [0.15, 0.2) is 87.9 Å². The number of fused-ring (bicyclic) bond motifs is 3. The lowest BCUT2D eigenvalue weighted by molar-refractivity contribution is -0.122. The van der Waals surface area contributed by atoms with E-state index in [0.29, 0.717) is 24.5 Å². The monoisotopic (exact) mass is 552 g/mol. The summed E-state index contributed by atoms with van der Waals surface area (Å²) < 4.78 is 12.0. The molecule has 0 bridgehead atoms. The molecule has 2 aromatic carbocycles. The van der Waals surface area contributed by atoms with E-state index >= 15 is 0 Å². The molecule has 0 spiro atoms. The van der Waals surface area contributed by atoms with Gasteiger partial charge in [0.05, 0.1) is 30.2 Å². The van der Waals surface area contributed by atoms with Gasteiger partial charge in [0.15, 0.2) is 0 Å². The van der Waals surface area contributed by atoms with Gasteiger partial charge in [-0.1, -0.05) is 36.3 Å². The SMILES string of the molecule is CC/C(=C\c1ccc(CO)o1)CC[C@H]1OC[C@H]2C1=C(C)C[C@H]1C(=O)N(c3ccc(Nc4ccccc4)cc3)C(=O)[C@H]12. The van der Waals surface area contributed by atoms with Gasteiger partial charge in [0, 0.05) is 17.3 Å². The molecule has 7 nitrogen and oxygen atoms in total. The van der Waals surface area contributed by atoms with Crippen molar-refractivity contribution in [3.8, 4) is 0 Å². The number of hydrogen-bond acceptors (Lipinski definition) is 6. The molecular formula is C34H36N2O5. The minimum Gasteiger partial charge on any atom is -0.459 e. The molecule has 2 fully saturated rings. The van der Waals surface area contributed by atoms with Crippen molar-refractivity contribution in [1.29, 1.82) is 0 Å². The number of ether oxygens (including phenoxy) is 1. The Morgan fingerprint density at radius 2 is 1.76 bits per heavy atom. The summed E-state index contributed by atoms with van der Waals surface area (Å²) in [6.07, 6.45) is 5.13. The number of nitrogens with one attached hydrogen (secondary N) is 1. The second-order valence-corrected chi connectivity index (χ2v) is 11.2. The van der Waals surface area contributed by atoms with Crippen LogP contribution in [0, 0.1) is 17.8 Å². The van der Waals surface area contributed by atoms with E-state index < -0.39 is 0 Å². The molecule has 7 heteroatoms. The van der Waals surface area contributed by atoms with Gasteiger partial charge in [-0.25, -0.2) is 0 Å². The van der Waals surface area contributed by atoms with E-state index in [1.165, 1.54) is 21.6 Å². The summed E-state index contributed by atoms with van der Waals surface area (Å²) in [7, 11) is 0. The lowest BCUT2D eigenvalue weighted by Gasteiger charge is -2.30. The van der Waals surface area contributed by atoms with Crippen LogP contribution in [0.2, 0.25) is 0 Å². The summed E-state index contributed by atoms with van der Waals surface area (Å²) in [5.74, 6) is 0.283. The maximum absolute atomic E-state index is 13.8. The summed E-state index contributed by atoms with van der Waals surface area (Å²) in [5.41, 5.74) is 6.12.